The van der Waals surface area contributed by atoms with E-state index < -0.39 is 10.8 Å². The first kappa shape index (κ1) is 19.3. The molecule has 1 atom stereocenters. The Labute approximate surface area is 165 Å². The van der Waals surface area contributed by atoms with Crippen LogP contribution < -0.4 is 5.32 Å². The number of nitrogens with zero attached hydrogens (tertiary/aromatic N) is 1. The smallest absolute Gasteiger partial charge is 0.232 e. The third kappa shape index (κ3) is 5.28. The largest absolute Gasteiger partial charge is 0.441 e. The average molecular weight is 403 g/mol. The van der Waals surface area contributed by atoms with Gasteiger partial charge < -0.3 is 9.73 Å². The number of carbonyl (C=O) groups is 1. The maximum Gasteiger partial charge on any atom is 0.232 e. The topological polar surface area (TPSA) is 72.2 Å². The molecule has 3 aromatic rings. The number of rotatable bonds is 7. The van der Waals surface area contributed by atoms with Crippen LogP contribution in [-0.4, -0.2) is 20.9 Å². The van der Waals surface area contributed by atoms with Gasteiger partial charge in [-0.2, -0.15) is 0 Å². The summed E-state index contributed by atoms with van der Waals surface area (Å²) in [5.74, 6) is 0.769. The summed E-state index contributed by atoms with van der Waals surface area (Å²) in [4.78, 5) is 16.4. The van der Waals surface area contributed by atoms with Crippen molar-refractivity contribution in [2.24, 2.45) is 0 Å². The highest BCUT2D eigenvalue weighted by molar-refractivity contribution is 7.84. The molecule has 1 N–H and O–H groups in total. The fraction of sp³-hybridized carbons (Fsp3) is 0.200. The zero-order valence-electron chi connectivity index (χ0n) is 14.8. The third-order valence-corrected chi connectivity index (χ3v) is 5.43. The number of amides is 1. The average Bonchev–Trinajstić information content (AvgIpc) is 3.01. The molecular formula is C20H19ClN2O3S. The highest BCUT2D eigenvalue weighted by Crippen LogP contribution is 2.28. The van der Waals surface area contributed by atoms with E-state index in [0.717, 1.165) is 5.56 Å². The molecule has 0 fully saturated rings. The molecule has 5 nitrogen and oxygen atoms in total. The quantitative estimate of drug-likeness (QED) is 0.651. The van der Waals surface area contributed by atoms with Gasteiger partial charge in [0, 0.05) is 17.3 Å². The van der Waals surface area contributed by atoms with E-state index in [1.165, 1.54) is 0 Å². The number of halogens is 1. The molecule has 27 heavy (non-hydrogen) atoms. The van der Waals surface area contributed by atoms with Crippen LogP contribution in [0.15, 0.2) is 59.0 Å². The minimum Gasteiger partial charge on any atom is -0.441 e. The number of benzene rings is 2. The zero-order chi connectivity index (χ0) is 19.2. The second-order valence-corrected chi connectivity index (χ2v) is 7.86. The monoisotopic (exact) mass is 402 g/mol. The van der Waals surface area contributed by atoms with Gasteiger partial charge in [0.2, 0.25) is 11.8 Å². The van der Waals surface area contributed by atoms with Crippen LogP contribution in [0.1, 0.15) is 17.0 Å². The van der Waals surface area contributed by atoms with Gasteiger partial charge in [0.25, 0.3) is 0 Å². The molecule has 0 unspecified atom stereocenters. The first-order valence-electron chi connectivity index (χ1n) is 8.39. The van der Waals surface area contributed by atoms with Crippen LogP contribution in [0.3, 0.4) is 0 Å². The predicted octanol–water partition coefficient (Wildman–Crippen LogP) is 3.87. The summed E-state index contributed by atoms with van der Waals surface area (Å²) in [6.07, 6.45) is 0. The molecule has 0 saturated carbocycles. The Morgan fingerprint density at radius 3 is 2.59 bits per heavy atom. The Balaban J connectivity index is 1.58. The van der Waals surface area contributed by atoms with Crippen LogP contribution in [0.2, 0.25) is 5.02 Å². The lowest BCUT2D eigenvalue weighted by atomic mass is 10.2. The molecule has 0 aliphatic carbocycles. The van der Waals surface area contributed by atoms with Crippen molar-refractivity contribution in [3.05, 3.63) is 76.6 Å². The van der Waals surface area contributed by atoms with E-state index in [-0.39, 0.29) is 17.4 Å². The van der Waals surface area contributed by atoms with Crippen molar-refractivity contribution >= 4 is 28.3 Å². The number of oxazole rings is 1. The SMILES string of the molecule is Cc1oc(-c2ccccc2Cl)nc1C[S@@](=O)CC(=O)NCc1ccccc1. The van der Waals surface area contributed by atoms with Crippen LogP contribution in [-0.2, 0) is 27.9 Å². The minimum absolute atomic E-state index is 0.0828. The van der Waals surface area contributed by atoms with E-state index in [1.54, 1.807) is 13.0 Å². The van der Waals surface area contributed by atoms with Crippen molar-refractivity contribution in [1.82, 2.24) is 10.3 Å². The van der Waals surface area contributed by atoms with Crippen LogP contribution in [0.25, 0.3) is 11.5 Å². The minimum atomic E-state index is -1.39. The van der Waals surface area contributed by atoms with Gasteiger partial charge in [-0.1, -0.05) is 54.1 Å². The maximum atomic E-state index is 12.3. The molecule has 1 amide bonds. The fourth-order valence-corrected chi connectivity index (χ4v) is 3.79. The van der Waals surface area contributed by atoms with Gasteiger partial charge in [-0.05, 0) is 24.6 Å². The molecular weight excluding hydrogens is 384 g/mol. The first-order valence-corrected chi connectivity index (χ1v) is 10.3. The van der Waals surface area contributed by atoms with Crippen molar-refractivity contribution < 1.29 is 13.4 Å². The molecule has 1 heterocycles. The van der Waals surface area contributed by atoms with Crippen molar-refractivity contribution in [3.63, 3.8) is 0 Å². The molecule has 0 spiro atoms. The molecule has 0 radical (unpaired) electrons. The highest BCUT2D eigenvalue weighted by Gasteiger charge is 2.17. The number of aromatic nitrogens is 1. The number of hydrogen-bond acceptors (Lipinski definition) is 4. The number of nitrogens with one attached hydrogen (secondary N) is 1. The van der Waals surface area contributed by atoms with Gasteiger partial charge >= 0.3 is 0 Å². The highest BCUT2D eigenvalue weighted by atomic mass is 35.5. The number of carbonyl (C=O) groups excluding carboxylic acids is 1. The summed E-state index contributed by atoms with van der Waals surface area (Å²) >= 11 is 6.17. The standard InChI is InChI=1S/C20H19ClN2O3S/c1-14-18(23-20(26-14)16-9-5-6-10-17(16)21)12-27(25)13-19(24)22-11-15-7-3-2-4-8-15/h2-10H,11-13H2,1H3,(H,22,24)/t27-/m1/s1. The van der Waals surface area contributed by atoms with Crippen LogP contribution in [0.5, 0.6) is 0 Å². The Morgan fingerprint density at radius 2 is 1.85 bits per heavy atom. The summed E-state index contributed by atoms with van der Waals surface area (Å²) in [6, 6.07) is 16.8. The van der Waals surface area contributed by atoms with E-state index in [1.807, 2.05) is 48.5 Å². The Morgan fingerprint density at radius 1 is 1.15 bits per heavy atom. The van der Waals surface area contributed by atoms with Crippen LogP contribution >= 0.6 is 11.6 Å². The molecule has 3 rings (SSSR count). The van der Waals surface area contributed by atoms with Gasteiger partial charge in [0.1, 0.15) is 11.5 Å². The lowest BCUT2D eigenvalue weighted by Gasteiger charge is -2.05. The lowest BCUT2D eigenvalue weighted by Crippen LogP contribution is -2.28. The van der Waals surface area contributed by atoms with E-state index in [2.05, 4.69) is 10.3 Å². The van der Waals surface area contributed by atoms with E-state index >= 15 is 0 Å². The van der Waals surface area contributed by atoms with Gasteiger partial charge in [0.15, 0.2) is 0 Å². The fourth-order valence-electron chi connectivity index (χ4n) is 2.51. The molecule has 7 heteroatoms. The third-order valence-electron chi connectivity index (χ3n) is 3.92. The number of aryl methyl sites for hydroxylation is 1. The summed E-state index contributed by atoms with van der Waals surface area (Å²) in [6.45, 7) is 2.17. The number of hydrogen-bond donors (Lipinski definition) is 1. The molecule has 140 valence electrons. The van der Waals surface area contributed by atoms with E-state index in [9.17, 15) is 9.00 Å². The predicted molar refractivity (Wildman–Crippen MR) is 107 cm³/mol. The second kappa shape index (κ2) is 8.97. The zero-order valence-corrected chi connectivity index (χ0v) is 16.3. The van der Waals surface area contributed by atoms with Crippen LogP contribution in [0, 0.1) is 6.92 Å². The summed E-state index contributed by atoms with van der Waals surface area (Å²) in [5, 5.41) is 3.31. The van der Waals surface area contributed by atoms with Crippen molar-refractivity contribution in [3.8, 4) is 11.5 Å². The Kier molecular flexibility index (Phi) is 6.42. The van der Waals surface area contributed by atoms with Crippen LogP contribution in [0.4, 0.5) is 0 Å². The lowest BCUT2D eigenvalue weighted by molar-refractivity contribution is -0.118. The van der Waals surface area contributed by atoms with Gasteiger partial charge in [-0.15, -0.1) is 0 Å². The molecule has 1 aromatic heterocycles. The van der Waals surface area contributed by atoms with Crippen molar-refractivity contribution in [2.45, 2.75) is 19.2 Å². The normalized spacial score (nSPS) is 11.9. The summed E-state index contributed by atoms with van der Waals surface area (Å²) < 4.78 is 18.0. The molecule has 0 saturated heterocycles. The molecule has 2 aromatic carbocycles. The van der Waals surface area contributed by atoms with E-state index in [0.29, 0.717) is 34.5 Å². The van der Waals surface area contributed by atoms with Gasteiger partial charge in [0.05, 0.1) is 22.0 Å². The van der Waals surface area contributed by atoms with Gasteiger partial charge in [-0.25, -0.2) is 4.98 Å². The van der Waals surface area contributed by atoms with Crippen molar-refractivity contribution in [1.29, 1.82) is 0 Å². The Bertz CT molecular complexity index is 957. The summed E-state index contributed by atoms with van der Waals surface area (Å²) in [7, 11) is -1.39. The molecule has 0 aliphatic heterocycles. The molecule has 0 aliphatic rings. The van der Waals surface area contributed by atoms with E-state index in [4.69, 9.17) is 16.0 Å². The second-order valence-electron chi connectivity index (χ2n) is 5.99. The molecule has 0 bridgehead atoms. The van der Waals surface area contributed by atoms with Crippen molar-refractivity contribution in [2.75, 3.05) is 5.75 Å². The Hall–Kier alpha value is -2.44. The summed E-state index contributed by atoms with van der Waals surface area (Å²) in [5.41, 5.74) is 2.24. The maximum absolute atomic E-state index is 12.3. The first-order chi connectivity index (χ1) is 13.0. The van der Waals surface area contributed by atoms with Gasteiger partial charge in [-0.3, -0.25) is 9.00 Å².